The number of hydrogen-bond donors (Lipinski definition) is 2. The predicted molar refractivity (Wildman–Crippen MR) is 105 cm³/mol. The van der Waals surface area contributed by atoms with E-state index in [9.17, 15) is 9.59 Å². The molecule has 9 heteroatoms. The summed E-state index contributed by atoms with van der Waals surface area (Å²) in [5, 5.41) is 9.03. The summed E-state index contributed by atoms with van der Waals surface area (Å²) in [5.74, 6) is 1.21. The molecule has 3 heterocycles. The van der Waals surface area contributed by atoms with Crippen LogP contribution in [0, 0.1) is 12.8 Å². The van der Waals surface area contributed by atoms with Gasteiger partial charge in [0, 0.05) is 37.0 Å². The van der Waals surface area contributed by atoms with Crippen LogP contribution in [0.2, 0.25) is 0 Å². The van der Waals surface area contributed by atoms with Crippen molar-refractivity contribution in [2.75, 3.05) is 5.32 Å². The Morgan fingerprint density at radius 2 is 2.07 bits per heavy atom. The molecule has 1 aliphatic rings. The van der Waals surface area contributed by atoms with Crippen molar-refractivity contribution in [3.8, 4) is 22.8 Å². The molecule has 0 aliphatic heterocycles. The third-order valence-corrected chi connectivity index (χ3v) is 4.42. The Morgan fingerprint density at radius 3 is 2.76 bits per heavy atom. The number of nitrogens with one attached hydrogen (secondary N) is 2. The number of carbonyl (C=O) groups excluding carboxylic acids is 2. The first-order valence-electron chi connectivity index (χ1n) is 9.20. The Morgan fingerprint density at radius 1 is 1.24 bits per heavy atom. The highest BCUT2D eigenvalue weighted by atomic mass is 16.5. The normalized spacial score (nSPS) is 13.0. The van der Waals surface area contributed by atoms with E-state index < -0.39 is 6.03 Å². The largest absolute Gasteiger partial charge is 0.455 e. The van der Waals surface area contributed by atoms with E-state index in [0.717, 1.165) is 24.1 Å². The molecule has 29 heavy (non-hydrogen) atoms. The lowest BCUT2D eigenvalue weighted by atomic mass is 10.2. The second-order valence-corrected chi connectivity index (χ2v) is 6.88. The number of ether oxygens (including phenoxy) is 1. The van der Waals surface area contributed by atoms with Crippen molar-refractivity contribution in [1.29, 1.82) is 0 Å². The molecular formula is C20H20N6O3. The maximum absolute atomic E-state index is 11.9. The van der Waals surface area contributed by atoms with Gasteiger partial charge in [-0.05, 0) is 38.0 Å². The minimum atomic E-state index is -0.585. The van der Waals surface area contributed by atoms with Gasteiger partial charge >= 0.3 is 6.03 Å². The lowest BCUT2D eigenvalue weighted by Crippen LogP contribution is -2.35. The highest BCUT2D eigenvalue weighted by molar-refractivity contribution is 6.02. The quantitative estimate of drug-likeness (QED) is 0.690. The SMILES string of the molecule is Cc1nc(NC(=O)NC(=O)C2CC2)ccc1Oc1ccnc(-c2cnn(C)c2)c1. The predicted octanol–water partition coefficient (Wildman–Crippen LogP) is 3.04. The van der Waals surface area contributed by atoms with E-state index >= 15 is 0 Å². The van der Waals surface area contributed by atoms with Crippen LogP contribution in [0.1, 0.15) is 18.5 Å². The highest BCUT2D eigenvalue weighted by Crippen LogP contribution is 2.29. The van der Waals surface area contributed by atoms with Crippen LogP contribution >= 0.6 is 0 Å². The molecule has 3 aromatic heterocycles. The van der Waals surface area contributed by atoms with Crippen molar-refractivity contribution in [3.63, 3.8) is 0 Å². The number of rotatable bonds is 5. The molecule has 1 fully saturated rings. The summed E-state index contributed by atoms with van der Waals surface area (Å²) in [7, 11) is 1.84. The Balaban J connectivity index is 1.43. The van der Waals surface area contributed by atoms with E-state index in [-0.39, 0.29) is 11.8 Å². The van der Waals surface area contributed by atoms with Crippen molar-refractivity contribution >= 4 is 17.8 Å². The average molecular weight is 392 g/mol. The molecule has 0 saturated heterocycles. The Bertz CT molecular complexity index is 1070. The van der Waals surface area contributed by atoms with Crippen molar-refractivity contribution < 1.29 is 14.3 Å². The molecule has 3 amide bonds. The first kappa shape index (κ1) is 18.6. The number of amides is 3. The van der Waals surface area contributed by atoms with Crippen molar-refractivity contribution in [1.82, 2.24) is 25.1 Å². The van der Waals surface area contributed by atoms with Crippen LogP contribution in [-0.2, 0) is 11.8 Å². The fourth-order valence-electron chi connectivity index (χ4n) is 2.75. The zero-order valence-corrected chi connectivity index (χ0v) is 16.0. The minimum Gasteiger partial charge on any atom is -0.455 e. The van der Waals surface area contributed by atoms with Gasteiger partial charge < -0.3 is 4.74 Å². The summed E-state index contributed by atoms with van der Waals surface area (Å²) in [6.07, 6.45) is 6.94. The van der Waals surface area contributed by atoms with Gasteiger partial charge in [-0.1, -0.05) is 0 Å². The molecule has 0 spiro atoms. The molecule has 4 rings (SSSR count). The van der Waals surface area contributed by atoms with Gasteiger partial charge in [-0.15, -0.1) is 0 Å². The van der Waals surface area contributed by atoms with Crippen molar-refractivity contribution in [2.45, 2.75) is 19.8 Å². The number of aryl methyl sites for hydroxylation is 2. The van der Waals surface area contributed by atoms with Gasteiger partial charge in [0.25, 0.3) is 0 Å². The number of aromatic nitrogens is 4. The number of carbonyl (C=O) groups is 2. The molecule has 2 N–H and O–H groups in total. The van der Waals surface area contributed by atoms with Crippen LogP contribution in [0.4, 0.5) is 10.6 Å². The fraction of sp³-hybridized carbons (Fsp3) is 0.250. The van der Waals surface area contributed by atoms with E-state index in [2.05, 4.69) is 25.7 Å². The monoisotopic (exact) mass is 392 g/mol. The summed E-state index contributed by atoms with van der Waals surface area (Å²) in [4.78, 5) is 32.2. The smallest absolute Gasteiger partial charge is 0.327 e. The topological polar surface area (TPSA) is 111 Å². The molecule has 0 unspecified atom stereocenters. The molecule has 0 aromatic carbocycles. The van der Waals surface area contributed by atoms with Crippen molar-refractivity contribution in [3.05, 3.63) is 48.5 Å². The maximum Gasteiger partial charge on any atom is 0.327 e. The van der Waals surface area contributed by atoms with E-state index in [0.29, 0.717) is 23.0 Å². The molecule has 0 radical (unpaired) electrons. The Labute approximate surface area is 167 Å². The summed E-state index contributed by atoms with van der Waals surface area (Å²) in [6.45, 7) is 1.77. The summed E-state index contributed by atoms with van der Waals surface area (Å²) in [5.41, 5.74) is 2.23. The third kappa shape index (κ3) is 4.57. The first-order chi connectivity index (χ1) is 14.0. The molecule has 0 bridgehead atoms. The standard InChI is InChI=1S/C20H20N6O3/c1-12-17(5-6-18(23-12)24-20(28)25-19(27)13-3-4-13)29-15-7-8-21-16(9-15)14-10-22-26(2)11-14/h5-11,13H,3-4H2,1-2H3,(H2,23,24,25,27,28). The summed E-state index contributed by atoms with van der Waals surface area (Å²) in [6, 6.07) is 6.32. The van der Waals surface area contributed by atoms with Gasteiger partial charge in [-0.25, -0.2) is 9.78 Å². The van der Waals surface area contributed by atoms with Crippen LogP contribution in [0.15, 0.2) is 42.9 Å². The number of hydrogen-bond acceptors (Lipinski definition) is 6. The van der Waals surface area contributed by atoms with Crippen LogP contribution in [0.25, 0.3) is 11.3 Å². The number of anilines is 1. The second kappa shape index (κ2) is 7.70. The van der Waals surface area contributed by atoms with Crippen LogP contribution in [0.5, 0.6) is 11.5 Å². The number of urea groups is 1. The van der Waals surface area contributed by atoms with E-state index in [1.165, 1.54) is 0 Å². The first-order valence-corrected chi connectivity index (χ1v) is 9.20. The maximum atomic E-state index is 11.9. The second-order valence-electron chi connectivity index (χ2n) is 6.88. The van der Waals surface area contributed by atoms with Gasteiger partial charge in [0.05, 0.1) is 17.6 Å². The molecular weight excluding hydrogens is 372 g/mol. The van der Waals surface area contributed by atoms with Gasteiger partial charge in [-0.2, -0.15) is 5.10 Å². The fourth-order valence-corrected chi connectivity index (χ4v) is 2.75. The molecule has 148 valence electrons. The molecule has 1 aliphatic carbocycles. The number of nitrogens with zero attached hydrogens (tertiary/aromatic N) is 4. The third-order valence-electron chi connectivity index (χ3n) is 4.42. The van der Waals surface area contributed by atoms with Crippen LogP contribution in [-0.4, -0.2) is 31.7 Å². The Kier molecular flexibility index (Phi) is 4.94. The summed E-state index contributed by atoms with van der Waals surface area (Å²) < 4.78 is 7.64. The molecule has 1 saturated carbocycles. The lowest BCUT2D eigenvalue weighted by molar-refractivity contribution is -0.121. The van der Waals surface area contributed by atoms with Gasteiger partial charge in [0.1, 0.15) is 17.3 Å². The van der Waals surface area contributed by atoms with E-state index in [1.807, 2.05) is 19.3 Å². The summed E-state index contributed by atoms with van der Waals surface area (Å²) >= 11 is 0. The number of imide groups is 1. The van der Waals surface area contributed by atoms with Crippen molar-refractivity contribution in [2.24, 2.45) is 13.0 Å². The zero-order chi connectivity index (χ0) is 20.4. The van der Waals surface area contributed by atoms with Crippen LogP contribution < -0.4 is 15.4 Å². The lowest BCUT2D eigenvalue weighted by Gasteiger charge is -2.11. The molecule has 9 nitrogen and oxygen atoms in total. The van der Waals surface area contributed by atoms with E-state index in [4.69, 9.17) is 4.74 Å². The average Bonchev–Trinajstić information content (AvgIpc) is 3.45. The van der Waals surface area contributed by atoms with Crippen LogP contribution in [0.3, 0.4) is 0 Å². The van der Waals surface area contributed by atoms with Gasteiger partial charge in [0.2, 0.25) is 5.91 Å². The molecule has 0 atom stereocenters. The highest BCUT2D eigenvalue weighted by Gasteiger charge is 2.30. The Hall–Kier alpha value is -3.75. The molecule has 3 aromatic rings. The van der Waals surface area contributed by atoms with Gasteiger partial charge in [-0.3, -0.25) is 25.1 Å². The van der Waals surface area contributed by atoms with Gasteiger partial charge in [0.15, 0.2) is 0 Å². The zero-order valence-electron chi connectivity index (χ0n) is 16.0. The number of pyridine rings is 2. The van der Waals surface area contributed by atoms with E-state index in [1.54, 1.807) is 42.2 Å². The minimum absolute atomic E-state index is 0.0388.